The molecule has 0 saturated heterocycles. The van der Waals surface area contributed by atoms with Gasteiger partial charge in [0.25, 0.3) is 5.69 Å². The Hall–Kier alpha value is -4.37. The maximum atomic E-state index is 12.9. The molecule has 0 heterocycles. The number of nitrogens with one attached hydrogen (secondary N) is 3. The Balaban J connectivity index is 1.57. The van der Waals surface area contributed by atoms with E-state index in [0.29, 0.717) is 5.56 Å². The summed E-state index contributed by atoms with van der Waals surface area (Å²) >= 11 is 5.08. The molecule has 3 aromatic carbocycles. The Kier molecular flexibility index (Phi) is 7.98. The first-order valence-electron chi connectivity index (χ1n) is 9.87. The van der Waals surface area contributed by atoms with Crippen LogP contribution in [0.25, 0.3) is 6.08 Å². The summed E-state index contributed by atoms with van der Waals surface area (Å²) in [5.74, 6) is -1.44. The number of hydrazine groups is 1. The summed E-state index contributed by atoms with van der Waals surface area (Å²) in [7, 11) is 0. The first-order chi connectivity index (χ1) is 15.9. The highest BCUT2D eigenvalue weighted by molar-refractivity contribution is 7.80. The number of hydrogen-bond acceptors (Lipinski definition) is 5. The van der Waals surface area contributed by atoms with Crippen molar-refractivity contribution in [3.05, 3.63) is 118 Å². The van der Waals surface area contributed by atoms with E-state index in [9.17, 15) is 19.7 Å². The third kappa shape index (κ3) is 6.81. The lowest BCUT2D eigenvalue weighted by molar-refractivity contribution is -0.384. The largest absolute Gasteiger partial charge is 0.298 e. The molecule has 0 fully saturated rings. The van der Waals surface area contributed by atoms with E-state index in [-0.39, 0.29) is 16.7 Å². The van der Waals surface area contributed by atoms with Crippen LogP contribution in [0.2, 0.25) is 0 Å². The number of non-ortho nitro benzene ring substituents is 1. The highest BCUT2D eigenvalue weighted by Gasteiger charge is 2.22. The standard InChI is InChI=1S/C24H20N4O4S/c29-21(16-13-17-11-14-20(15-12-17)28(31)32)25-24(33)27-26-23(30)22(18-7-3-1-4-8-18)19-9-5-2-6-10-19/h1-16,22H,(H,26,30)(H2,25,27,29,33)/b16-13+. The van der Waals surface area contributed by atoms with Crippen molar-refractivity contribution in [1.29, 1.82) is 0 Å². The maximum Gasteiger partial charge on any atom is 0.269 e. The molecule has 0 unspecified atom stereocenters. The van der Waals surface area contributed by atoms with E-state index in [0.717, 1.165) is 11.1 Å². The van der Waals surface area contributed by atoms with E-state index in [2.05, 4.69) is 16.2 Å². The first kappa shape index (κ1) is 23.3. The van der Waals surface area contributed by atoms with Gasteiger partial charge in [0.05, 0.1) is 10.8 Å². The van der Waals surface area contributed by atoms with Crippen molar-refractivity contribution in [2.24, 2.45) is 0 Å². The zero-order valence-corrected chi connectivity index (χ0v) is 18.1. The van der Waals surface area contributed by atoms with Gasteiger partial charge in [0.15, 0.2) is 5.11 Å². The lowest BCUT2D eigenvalue weighted by Crippen LogP contribution is -2.49. The fourth-order valence-electron chi connectivity index (χ4n) is 3.04. The molecule has 0 aromatic heterocycles. The molecule has 0 bridgehead atoms. The number of nitro groups is 1. The molecule has 0 aliphatic carbocycles. The van der Waals surface area contributed by atoms with Crippen molar-refractivity contribution in [3.8, 4) is 0 Å². The van der Waals surface area contributed by atoms with Crippen LogP contribution in [0, 0.1) is 10.1 Å². The second-order valence-corrected chi connectivity index (χ2v) is 7.28. The number of amides is 2. The molecule has 8 nitrogen and oxygen atoms in total. The average Bonchev–Trinajstić information content (AvgIpc) is 2.83. The SMILES string of the molecule is O=C(/C=C/c1ccc([N+](=O)[O-])cc1)NC(=S)NNC(=O)C(c1ccccc1)c1ccccc1. The summed E-state index contributed by atoms with van der Waals surface area (Å²) < 4.78 is 0. The number of benzene rings is 3. The van der Waals surface area contributed by atoms with Gasteiger partial charge in [-0.25, -0.2) is 0 Å². The normalized spacial score (nSPS) is 10.6. The van der Waals surface area contributed by atoms with Crippen molar-refractivity contribution >= 4 is 40.9 Å². The molecular weight excluding hydrogens is 440 g/mol. The van der Waals surface area contributed by atoms with Gasteiger partial charge in [0, 0.05) is 18.2 Å². The molecule has 3 rings (SSSR count). The topological polar surface area (TPSA) is 113 Å². The minimum atomic E-state index is -0.569. The molecule has 3 N–H and O–H groups in total. The van der Waals surface area contributed by atoms with Gasteiger partial charge < -0.3 is 0 Å². The minimum absolute atomic E-state index is 0.0398. The van der Waals surface area contributed by atoms with Crippen molar-refractivity contribution < 1.29 is 14.5 Å². The number of carbonyl (C=O) groups excluding carboxylic acids is 2. The highest BCUT2D eigenvalue weighted by Crippen LogP contribution is 2.24. The van der Waals surface area contributed by atoms with Crippen LogP contribution in [-0.4, -0.2) is 21.9 Å². The molecule has 0 spiro atoms. The highest BCUT2D eigenvalue weighted by atomic mass is 32.1. The molecule has 2 amide bonds. The smallest absolute Gasteiger partial charge is 0.269 e. The maximum absolute atomic E-state index is 12.9. The zero-order valence-electron chi connectivity index (χ0n) is 17.3. The minimum Gasteiger partial charge on any atom is -0.298 e. The average molecular weight is 461 g/mol. The van der Waals surface area contributed by atoms with Crippen LogP contribution in [0.4, 0.5) is 5.69 Å². The second kappa shape index (κ2) is 11.3. The molecule has 0 aliphatic rings. The monoisotopic (exact) mass is 460 g/mol. The lowest BCUT2D eigenvalue weighted by Gasteiger charge is -2.18. The Morgan fingerprint density at radius 3 is 1.91 bits per heavy atom. The summed E-state index contributed by atoms with van der Waals surface area (Å²) in [5.41, 5.74) is 7.27. The summed E-state index contributed by atoms with van der Waals surface area (Å²) in [5, 5.41) is 13.0. The van der Waals surface area contributed by atoms with Crippen molar-refractivity contribution in [3.63, 3.8) is 0 Å². The van der Waals surface area contributed by atoms with Crippen molar-refractivity contribution in [1.82, 2.24) is 16.2 Å². The number of rotatable bonds is 6. The van der Waals surface area contributed by atoms with Crippen LogP contribution in [-0.2, 0) is 9.59 Å². The van der Waals surface area contributed by atoms with Crippen molar-refractivity contribution in [2.45, 2.75) is 5.92 Å². The van der Waals surface area contributed by atoms with Gasteiger partial charge in [0.1, 0.15) is 0 Å². The van der Waals surface area contributed by atoms with Crippen LogP contribution in [0.5, 0.6) is 0 Å². The molecule has 9 heteroatoms. The number of nitrogens with zero attached hydrogens (tertiary/aromatic N) is 1. The fraction of sp³-hybridized carbons (Fsp3) is 0.0417. The quantitative estimate of drug-likeness (QED) is 0.225. The molecule has 3 aromatic rings. The fourth-order valence-corrected chi connectivity index (χ4v) is 3.19. The van der Waals surface area contributed by atoms with Gasteiger partial charge in [-0.2, -0.15) is 0 Å². The van der Waals surface area contributed by atoms with Crippen LogP contribution >= 0.6 is 12.2 Å². The van der Waals surface area contributed by atoms with E-state index in [1.54, 1.807) is 0 Å². The third-order valence-electron chi connectivity index (χ3n) is 4.60. The van der Waals surface area contributed by atoms with Crippen LogP contribution in [0.15, 0.2) is 91.0 Å². The van der Waals surface area contributed by atoms with Gasteiger partial charge in [0.2, 0.25) is 11.8 Å². The summed E-state index contributed by atoms with van der Waals surface area (Å²) in [6.07, 6.45) is 2.72. The molecular formula is C24H20N4O4S. The van der Waals surface area contributed by atoms with Crippen LogP contribution in [0.3, 0.4) is 0 Å². The Morgan fingerprint density at radius 2 is 1.39 bits per heavy atom. The van der Waals surface area contributed by atoms with Crippen molar-refractivity contribution in [2.75, 3.05) is 0 Å². The van der Waals surface area contributed by atoms with Gasteiger partial charge in [-0.1, -0.05) is 60.7 Å². The van der Waals surface area contributed by atoms with Gasteiger partial charge in [-0.15, -0.1) is 0 Å². The van der Waals surface area contributed by atoms with Gasteiger partial charge >= 0.3 is 0 Å². The first-order valence-corrected chi connectivity index (χ1v) is 10.3. The Labute approximate surface area is 195 Å². The number of carbonyl (C=O) groups is 2. The van der Waals surface area contributed by atoms with E-state index in [1.807, 2.05) is 60.7 Å². The van der Waals surface area contributed by atoms with Crippen LogP contribution in [0.1, 0.15) is 22.6 Å². The molecule has 0 aliphatic heterocycles. The Bertz CT molecular complexity index is 1130. The second-order valence-electron chi connectivity index (χ2n) is 6.87. The van der Waals surface area contributed by atoms with E-state index in [1.165, 1.54) is 36.4 Å². The summed E-state index contributed by atoms with van der Waals surface area (Å²) in [6.45, 7) is 0. The lowest BCUT2D eigenvalue weighted by atomic mass is 9.91. The van der Waals surface area contributed by atoms with Crippen LogP contribution < -0.4 is 16.2 Å². The predicted octanol–water partition coefficient (Wildman–Crippen LogP) is 3.46. The zero-order chi connectivity index (χ0) is 23.6. The third-order valence-corrected chi connectivity index (χ3v) is 4.80. The molecule has 0 atom stereocenters. The number of hydrogen-bond donors (Lipinski definition) is 3. The number of nitro benzene ring substituents is 1. The summed E-state index contributed by atoms with van der Waals surface area (Å²) in [6, 6.07) is 24.3. The van der Waals surface area contributed by atoms with Gasteiger partial charge in [-0.3, -0.25) is 35.9 Å². The molecule has 166 valence electrons. The van der Waals surface area contributed by atoms with E-state index >= 15 is 0 Å². The van der Waals surface area contributed by atoms with E-state index in [4.69, 9.17) is 12.2 Å². The van der Waals surface area contributed by atoms with E-state index < -0.39 is 16.7 Å². The summed E-state index contributed by atoms with van der Waals surface area (Å²) in [4.78, 5) is 35.2. The Morgan fingerprint density at radius 1 is 0.848 bits per heavy atom. The molecule has 33 heavy (non-hydrogen) atoms. The molecule has 0 saturated carbocycles. The molecule has 0 radical (unpaired) electrons. The number of thiocarbonyl (C=S) groups is 1. The predicted molar refractivity (Wildman–Crippen MR) is 129 cm³/mol. The van der Waals surface area contributed by atoms with Gasteiger partial charge in [-0.05, 0) is 47.1 Å².